The Bertz CT molecular complexity index is 1210. The zero-order valence-electron chi connectivity index (χ0n) is 15.1. The Morgan fingerprint density at radius 1 is 1.24 bits per heavy atom. The van der Waals surface area contributed by atoms with E-state index in [-0.39, 0.29) is 33.7 Å². The molecule has 29 heavy (non-hydrogen) atoms. The SMILES string of the molecule is O=C(c1ccc(F)c(Cl)c1)N1CC[C@@H](c2nc(-c3ccc[nH]c3=O)cc(=O)[nH]2)C1. The molecule has 148 valence electrons. The maximum absolute atomic E-state index is 13.3. The summed E-state index contributed by atoms with van der Waals surface area (Å²) in [4.78, 5) is 48.2. The molecule has 1 amide bonds. The summed E-state index contributed by atoms with van der Waals surface area (Å²) in [5.74, 6) is -0.627. The number of H-pyrrole nitrogens is 2. The number of aromatic amines is 2. The van der Waals surface area contributed by atoms with Crippen molar-refractivity contribution < 1.29 is 9.18 Å². The van der Waals surface area contributed by atoms with Crippen LogP contribution in [0.5, 0.6) is 0 Å². The molecule has 4 rings (SSSR count). The van der Waals surface area contributed by atoms with Crippen molar-refractivity contribution in [3.05, 3.63) is 85.5 Å². The largest absolute Gasteiger partial charge is 0.338 e. The standard InChI is InChI=1S/C20H16ClFN4O3/c21-14-8-11(3-4-15(14)22)20(29)26-7-5-12(10-26)18-24-16(9-17(27)25-18)13-2-1-6-23-19(13)28/h1-4,6,8-9,12H,5,7,10H2,(H,23,28)(H,24,25,27)/t12-/m1/s1. The maximum atomic E-state index is 13.3. The summed E-state index contributed by atoms with van der Waals surface area (Å²) < 4.78 is 13.3. The molecule has 0 unspecified atom stereocenters. The van der Waals surface area contributed by atoms with Gasteiger partial charge >= 0.3 is 0 Å². The number of nitrogens with one attached hydrogen (secondary N) is 2. The van der Waals surface area contributed by atoms with Crippen molar-refractivity contribution in [2.24, 2.45) is 0 Å². The van der Waals surface area contributed by atoms with Crippen molar-refractivity contribution in [2.45, 2.75) is 12.3 Å². The fourth-order valence-electron chi connectivity index (χ4n) is 3.41. The Morgan fingerprint density at radius 2 is 2.07 bits per heavy atom. The second kappa shape index (κ2) is 7.63. The maximum Gasteiger partial charge on any atom is 0.257 e. The van der Waals surface area contributed by atoms with Gasteiger partial charge in [-0.1, -0.05) is 11.6 Å². The molecule has 0 saturated carbocycles. The molecule has 2 N–H and O–H groups in total. The van der Waals surface area contributed by atoms with Crippen LogP contribution in [0.15, 0.2) is 52.2 Å². The minimum Gasteiger partial charge on any atom is -0.338 e. The van der Waals surface area contributed by atoms with E-state index in [2.05, 4.69) is 15.0 Å². The number of nitrogens with zero attached hydrogens (tertiary/aromatic N) is 2. The van der Waals surface area contributed by atoms with Crippen molar-refractivity contribution in [3.63, 3.8) is 0 Å². The van der Waals surface area contributed by atoms with Gasteiger partial charge in [-0.2, -0.15) is 0 Å². The molecule has 1 aromatic carbocycles. The van der Waals surface area contributed by atoms with Gasteiger partial charge in [-0.05, 0) is 36.8 Å². The third-order valence-electron chi connectivity index (χ3n) is 4.88. The third kappa shape index (κ3) is 3.84. The minimum atomic E-state index is -0.586. The van der Waals surface area contributed by atoms with E-state index in [0.717, 1.165) is 6.07 Å². The lowest BCUT2D eigenvalue weighted by molar-refractivity contribution is 0.0790. The predicted octanol–water partition coefficient (Wildman–Crippen LogP) is 2.55. The van der Waals surface area contributed by atoms with Gasteiger partial charge in [0, 0.05) is 36.8 Å². The zero-order valence-corrected chi connectivity index (χ0v) is 15.9. The fourth-order valence-corrected chi connectivity index (χ4v) is 3.59. The van der Waals surface area contributed by atoms with Crippen molar-refractivity contribution in [3.8, 4) is 11.3 Å². The molecule has 0 bridgehead atoms. The molecule has 0 aliphatic carbocycles. The van der Waals surface area contributed by atoms with Gasteiger partial charge < -0.3 is 14.9 Å². The molecular formula is C20H16ClFN4O3. The van der Waals surface area contributed by atoms with Crippen molar-refractivity contribution in [1.82, 2.24) is 19.9 Å². The van der Waals surface area contributed by atoms with Crippen LogP contribution in [-0.2, 0) is 0 Å². The van der Waals surface area contributed by atoms with Crippen LogP contribution in [0.25, 0.3) is 11.3 Å². The highest BCUT2D eigenvalue weighted by molar-refractivity contribution is 6.31. The van der Waals surface area contributed by atoms with E-state index in [1.54, 1.807) is 17.0 Å². The summed E-state index contributed by atoms with van der Waals surface area (Å²) in [6.07, 6.45) is 2.10. The van der Waals surface area contributed by atoms with Gasteiger partial charge in [0.05, 0.1) is 16.3 Å². The van der Waals surface area contributed by atoms with Gasteiger partial charge in [0.25, 0.3) is 17.0 Å². The summed E-state index contributed by atoms with van der Waals surface area (Å²) in [7, 11) is 0. The summed E-state index contributed by atoms with van der Waals surface area (Å²) in [6, 6.07) is 8.36. The van der Waals surface area contributed by atoms with E-state index in [4.69, 9.17) is 11.6 Å². The molecule has 1 aliphatic heterocycles. The highest BCUT2D eigenvalue weighted by Crippen LogP contribution is 2.27. The first kappa shape index (κ1) is 19.1. The van der Waals surface area contributed by atoms with Gasteiger partial charge in [-0.3, -0.25) is 14.4 Å². The number of amides is 1. The Labute approximate surface area is 169 Å². The smallest absolute Gasteiger partial charge is 0.257 e. The first-order valence-electron chi connectivity index (χ1n) is 8.96. The van der Waals surface area contributed by atoms with Crippen LogP contribution in [0, 0.1) is 5.82 Å². The van der Waals surface area contributed by atoms with E-state index in [0.29, 0.717) is 36.5 Å². The van der Waals surface area contributed by atoms with E-state index in [9.17, 15) is 18.8 Å². The molecule has 1 saturated heterocycles. The molecule has 9 heteroatoms. The lowest BCUT2D eigenvalue weighted by Gasteiger charge is -2.17. The second-order valence-corrected chi connectivity index (χ2v) is 7.20. The van der Waals surface area contributed by atoms with E-state index in [1.165, 1.54) is 24.4 Å². The number of likely N-dealkylation sites (tertiary alicyclic amines) is 1. The average molecular weight is 415 g/mol. The molecule has 3 heterocycles. The summed E-state index contributed by atoms with van der Waals surface area (Å²) >= 11 is 5.77. The Balaban J connectivity index is 1.58. The van der Waals surface area contributed by atoms with E-state index < -0.39 is 5.82 Å². The molecular weight excluding hydrogens is 399 g/mol. The number of carbonyl (C=O) groups is 1. The fraction of sp³-hybridized carbons (Fsp3) is 0.200. The molecule has 1 fully saturated rings. The van der Waals surface area contributed by atoms with Crippen LogP contribution in [0.2, 0.25) is 5.02 Å². The van der Waals surface area contributed by atoms with Gasteiger partial charge in [-0.25, -0.2) is 9.37 Å². The van der Waals surface area contributed by atoms with Crippen molar-refractivity contribution in [1.29, 1.82) is 0 Å². The zero-order chi connectivity index (χ0) is 20.5. The highest BCUT2D eigenvalue weighted by atomic mass is 35.5. The minimum absolute atomic E-state index is 0.113. The number of halogens is 2. The summed E-state index contributed by atoms with van der Waals surface area (Å²) in [6.45, 7) is 0.795. The molecule has 1 aliphatic rings. The molecule has 3 aromatic rings. The van der Waals surface area contributed by atoms with E-state index >= 15 is 0 Å². The second-order valence-electron chi connectivity index (χ2n) is 6.79. The molecule has 0 radical (unpaired) electrons. The van der Waals surface area contributed by atoms with Gasteiger partial charge in [0.1, 0.15) is 11.6 Å². The molecule has 0 spiro atoms. The number of hydrogen-bond donors (Lipinski definition) is 2. The molecule has 2 aromatic heterocycles. The topological polar surface area (TPSA) is 98.9 Å². The lowest BCUT2D eigenvalue weighted by atomic mass is 10.1. The lowest BCUT2D eigenvalue weighted by Crippen LogP contribution is -2.29. The number of hydrogen-bond acceptors (Lipinski definition) is 4. The third-order valence-corrected chi connectivity index (χ3v) is 5.17. The molecule has 7 nitrogen and oxygen atoms in total. The number of benzene rings is 1. The quantitative estimate of drug-likeness (QED) is 0.688. The number of aromatic nitrogens is 3. The molecule has 1 atom stereocenters. The van der Waals surface area contributed by atoms with Crippen LogP contribution < -0.4 is 11.1 Å². The van der Waals surface area contributed by atoms with Crippen molar-refractivity contribution in [2.75, 3.05) is 13.1 Å². The first-order chi connectivity index (χ1) is 13.9. The first-order valence-corrected chi connectivity index (χ1v) is 9.34. The predicted molar refractivity (Wildman–Crippen MR) is 106 cm³/mol. The number of rotatable bonds is 3. The van der Waals surface area contributed by atoms with Crippen LogP contribution in [-0.4, -0.2) is 38.8 Å². The van der Waals surface area contributed by atoms with Crippen LogP contribution in [0.3, 0.4) is 0 Å². The Kier molecular flexibility index (Phi) is 5.02. The normalized spacial score (nSPS) is 16.2. The van der Waals surface area contributed by atoms with Gasteiger partial charge in [-0.15, -0.1) is 0 Å². The van der Waals surface area contributed by atoms with E-state index in [1.807, 2.05) is 0 Å². The number of pyridine rings is 1. The monoisotopic (exact) mass is 414 g/mol. The van der Waals surface area contributed by atoms with Crippen LogP contribution in [0.4, 0.5) is 4.39 Å². The van der Waals surface area contributed by atoms with Crippen LogP contribution >= 0.6 is 11.6 Å². The van der Waals surface area contributed by atoms with Gasteiger partial charge in [0.2, 0.25) is 0 Å². The number of carbonyl (C=O) groups excluding carboxylic acids is 1. The van der Waals surface area contributed by atoms with Gasteiger partial charge in [0.15, 0.2) is 0 Å². The average Bonchev–Trinajstić information content (AvgIpc) is 3.20. The van der Waals surface area contributed by atoms with Crippen molar-refractivity contribution >= 4 is 17.5 Å². The highest BCUT2D eigenvalue weighted by Gasteiger charge is 2.30. The summed E-state index contributed by atoms with van der Waals surface area (Å²) in [5, 5.41) is -0.113. The summed E-state index contributed by atoms with van der Waals surface area (Å²) in [5.41, 5.74) is 0.159. The Morgan fingerprint density at radius 3 is 2.83 bits per heavy atom. The Hall–Kier alpha value is -3.26. The van der Waals surface area contributed by atoms with Crippen LogP contribution in [0.1, 0.15) is 28.5 Å².